The van der Waals surface area contributed by atoms with Crippen LogP contribution in [0.3, 0.4) is 0 Å². The molecule has 0 aromatic rings. The predicted octanol–water partition coefficient (Wildman–Crippen LogP) is -4.33. The van der Waals surface area contributed by atoms with Crippen LogP contribution in [-0.2, 0) is 23.6 Å². The van der Waals surface area contributed by atoms with Gasteiger partial charge in [-0.05, 0) is 0 Å². The van der Waals surface area contributed by atoms with Crippen LogP contribution in [0, 0.1) is 0 Å². The molecule has 0 radical (unpaired) electrons. The van der Waals surface area contributed by atoms with E-state index in [0.29, 0.717) is 0 Å². The quantitative estimate of drug-likeness (QED) is 0.282. The molecule has 0 aromatic heterocycles. The average molecular weight is 282 g/mol. The zero-order chi connectivity index (χ0) is 7.71. The van der Waals surface area contributed by atoms with Gasteiger partial charge in [0.2, 0.25) is 0 Å². The van der Waals surface area contributed by atoms with Crippen molar-refractivity contribution in [3.05, 3.63) is 0 Å². The van der Waals surface area contributed by atoms with E-state index in [2.05, 4.69) is 4.12 Å². The summed E-state index contributed by atoms with van der Waals surface area (Å²) in [6, 6.07) is 0. The topological polar surface area (TPSA) is 131 Å². The fourth-order valence-electron chi connectivity index (χ4n) is 0.184. The molecule has 6 N–H and O–H groups in total. The van der Waals surface area contributed by atoms with E-state index >= 15 is 0 Å². The van der Waals surface area contributed by atoms with Gasteiger partial charge in [-0.2, -0.15) is 0 Å². The Balaban J connectivity index is -0.0000000533. The third kappa shape index (κ3) is 18.8. The van der Waals surface area contributed by atoms with Crippen molar-refractivity contribution >= 4 is 55.8 Å². The molecule has 0 saturated heterocycles. The van der Waals surface area contributed by atoms with Gasteiger partial charge in [0.25, 0.3) is 0 Å². The van der Waals surface area contributed by atoms with Crippen LogP contribution in [0.15, 0.2) is 0 Å². The first-order valence-corrected chi connectivity index (χ1v) is 5.25. The minimum absolute atomic E-state index is 0. The predicted molar refractivity (Wildman–Crippen MR) is 33.9 cm³/mol. The van der Waals surface area contributed by atoms with Crippen molar-refractivity contribution in [2.24, 2.45) is 0 Å². The molecule has 0 aromatic carbocycles. The fourth-order valence-corrected chi connectivity index (χ4v) is 1.65. The van der Waals surface area contributed by atoms with Crippen LogP contribution in [0.25, 0.3) is 0 Å². The van der Waals surface area contributed by atoms with E-state index in [9.17, 15) is 0 Å². The smallest absolute Gasteiger partial charge is 1.00 e. The molecular formula is H8CaO7Si2Zn. The van der Waals surface area contributed by atoms with Crippen LogP contribution in [0.5, 0.6) is 0 Å². The summed E-state index contributed by atoms with van der Waals surface area (Å²) in [5.41, 5.74) is 0. The van der Waals surface area contributed by atoms with Crippen molar-refractivity contribution in [3.8, 4) is 0 Å². The second-order valence-corrected chi connectivity index (χ2v) is 4.36. The van der Waals surface area contributed by atoms with Crippen molar-refractivity contribution in [2.75, 3.05) is 0 Å². The summed E-state index contributed by atoms with van der Waals surface area (Å²) in [5.74, 6) is 0. The van der Waals surface area contributed by atoms with Gasteiger partial charge in [-0.15, -0.1) is 0 Å². The first-order chi connectivity index (χ1) is 3.71. The van der Waals surface area contributed by atoms with E-state index in [0.717, 1.165) is 0 Å². The third-order valence-electron chi connectivity index (χ3n) is 0.274. The average Bonchev–Trinajstić information content (AvgIpc) is 1.14. The Morgan fingerprint density at radius 3 is 1.00 bits per heavy atom. The van der Waals surface area contributed by atoms with Crippen molar-refractivity contribution < 1.29 is 55.2 Å². The summed E-state index contributed by atoms with van der Waals surface area (Å²) in [4.78, 5) is 47.6. The van der Waals surface area contributed by atoms with Crippen LogP contribution in [-0.4, -0.2) is 84.6 Å². The molecule has 0 spiro atoms. The Kier molecular flexibility index (Phi) is 11.1. The molecule has 11 heavy (non-hydrogen) atoms. The van der Waals surface area contributed by atoms with Crippen molar-refractivity contribution in [1.82, 2.24) is 0 Å². The first-order valence-electron chi connectivity index (χ1n) is 1.75. The van der Waals surface area contributed by atoms with E-state index in [4.69, 9.17) is 28.8 Å². The molecule has 0 saturated carbocycles. The molecule has 0 heterocycles. The van der Waals surface area contributed by atoms with Gasteiger partial charge in [-0.25, -0.2) is 0 Å². The van der Waals surface area contributed by atoms with Gasteiger partial charge in [-0.3, -0.25) is 0 Å². The third-order valence-corrected chi connectivity index (χ3v) is 2.46. The Bertz CT molecular complexity index is 89.6. The molecule has 0 unspecified atom stereocenters. The molecule has 0 atom stereocenters. The molecule has 0 aliphatic carbocycles. The van der Waals surface area contributed by atoms with Gasteiger partial charge >= 0.3 is 55.8 Å². The second-order valence-electron chi connectivity index (χ2n) is 1.25. The Morgan fingerprint density at radius 1 is 0.818 bits per heavy atom. The normalized spacial score (nSPS) is 11.5. The molecule has 11 heteroatoms. The number of hydrogen-bond donors (Lipinski definition) is 6. The van der Waals surface area contributed by atoms with E-state index in [1.165, 1.54) is 0 Å². The summed E-state index contributed by atoms with van der Waals surface area (Å²) < 4.78 is 3.24. The molecule has 0 fully saturated rings. The maximum absolute atomic E-state index is 7.94. The van der Waals surface area contributed by atoms with Gasteiger partial charge in [0, 0.05) is 19.5 Å². The maximum Gasteiger partial charge on any atom is 2.00 e. The number of rotatable bonds is 2. The fraction of sp³-hybridized carbons (Fsp3) is 0. The van der Waals surface area contributed by atoms with Gasteiger partial charge in [0.15, 0.2) is 0 Å². The standard InChI is InChI=1S/Ca.H6O7Si2.Zn.2H/c;1-8(2,3)7-9(4,5)6;;;/h;1-6H;;;/q+2;;;2*-1. The van der Waals surface area contributed by atoms with Gasteiger partial charge < -0.3 is 35.7 Å². The minimum atomic E-state index is -4.98. The van der Waals surface area contributed by atoms with E-state index in [1.54, 1.807) is 0 Å². The van der Waals surface area contributed by atoms with Gasteiger partial charge in [0.1, 0.15) is 0 Å². The van der Waals surface area contributed by atoms with Crippen LogP contribution in [0.4, 0.5) is 0 Å². The van der Waals surface area contributed by atoms with Crippen LogP contribution in [0.1, 0.15) is 2.85 Å². The van der Waals surface area contributed by atoms with Crippen LogP contribution < -0.4 is 0 Å². The molecule has 62 valence electrons. The van der Waals surface area contributed by atoms with Crippen LogP contribution in [0.2, 0.25) is 0 Å². The molecule has 0 rings (SSSR count). The van der Waals surface area contributed by atoms with E-state index in [-0.39, 0.29) is 60.1 Å². The van der Waals surface area contributed by atoms with E-state index < -0.39 is 18.1 Å². The summed E-state index contributed by atoms with van der Waals surface area (Å²) in [7, 11) is -9.96. The van der Waals surface area contributed by atoms with Gasteiger partial charge in [-0.1, -0.05) is 0 Å². The summed E-state index contributed by atoms with van der Waals surface area (Å²) in [6.45, 7) is 0. The Labute approximate surface area is 110 Å². The Morgan fingerprint density at radius 2 is 1.00 bits per heavy atom. The summed E-state index contributed by atoms with van der Waals surface area (Å²) in [5, 5.41) is 0. The number of hydrogen-bond acceptors (Lipinski definition) is 7. The molecule has 0 bridgehead atoms. The largest absolute Gasteiger partial charge is 2.00 e. The summed E-state index contributed by atoms with van der Waals surface area (Å²) >= 11 is 0. The summed E-state index contributed by atoms with van der Waals surface area (Å²) in [6.07, 6.45) is 0. The molecule has 0 aliphatic rings. The molecule has 0 aliphatic heterocycles. The minimum Gasteiger partial charge on any atom is -1.00 e. The first kappa shape index (κ1) is 18.8. The zero-order valence-electron chi connectivity index (χ0n) is 7.51. The second kappa shape index (κ2) is 6.48. The monoisotopic (exact) mass is 280 g/mol. The molecule has 0 amide bonds. The van der Waals surface area contributed by atoms with Crippen molar-refractivity contribution in [2.45, 2.75) is 0 Å². The van der Waals surface area contributed by atoms with E-state index in [1.807, 2.05) is 0 Å². The van der Waals surface area contributed by atoms with Crippen LogP contribution >= 0.6 is 0 Å². The maximum atomic E-state index is 7.94. The van der Waals surface area contributed by atoms with Gasteiger partial charge in [0.05, 0.1) is 0 Å². The Hall–Kier alpha value is 2.04. The zero-order valence-corrected chi connectivity index (χ0v) is 12.7. The molecular weight excluding hydrogens is 274 g/mol. The molecule has 7 nitrogen and oxygen atoms in total. The van der Waals surface area contributed by atoms with Crippen molar-refractivity contribution in [3.63, 3.8) is 0 Å². The SMILES string of the molecule is O[Si](O)(O)O[Si](O)(O)O.[Ca+2].[H-].[H-].[Zn]. The van der Waals surface area contributed by atoms with Crippen molar-refractivity contribution in [1.29, 1.82) is 0 Å².